The minimum absolute atomic E-state index is 0.474. The molecule has 5 N–H and O–H groups in total. The second-order valence-corrected chi connectivity index (χ2v) is 10.8. The molecule has 0 amide bonds. The molecular formula is C10H11N6O16P3-4. The second kappa shape index (κ2) is 9.37. The molecule has 0 aliphatic carbocycles. The maximum atomic E-state index is 12.0. The van der Waals surface area contributed by atoms with Crippen LogP contribution in [0.2, 0.25) is 0 Å². The number of aliphatic hydroxyl groups excluding tert-OH is 2. The van der Waals surface area contributed by atoms with Crippen molar-refractivity contribution in [3.63, 3.8) is 0 Å². The molecule has 35 heavy (non-hydrogen) atoms. The lowest BCUT2D eigenvalue weighted by Crippen LogP contribution is -2.34. The number of fused-ring (bicyclic) bond motifs is 1. The molecule has 22 nitrogen and oxygen atoms in total. The van der Waals surface area contributed by atoms with Crippen LogP contribution in [0.3, 0.4) is 0 Å². The van der Waals surface area contributed by atoms with Crippen LogP contribution in [0, 0.1) is 10.1 Å². The highest BCUT2D eigenvalue weighted by atomic mass is 31.3. The predicted octanol–water partition coefficient (Wildman–Crippen LogP) is -4.96. The number of rotatable bonds is 9. The molecule has 1 saturated heterocycles. The molecule has 2 aromatic heterocycles. The molecule has 3 rings (SSSR count). The van der Waals surface area contributed by atoms with Crippen molar-refractivity contribution in [3.8, 4) is 0 Å². The molecule has 6 atom stereocenters. The van der Waals surface area contributed by atoms with Crippen LogP contribution in [0.1, 0.15) is 6.23 Å². The van der Waals surface area contributed by atoms with Crippen LogP contribution < -0.4 is 30.9 Å². The van der Waals surface area contributed by atoms with Gasteiger partial charge in [-0.15, -0.1) is 0 Å². The first kappa shape index (κ1) is 27.4. The molecule has 0 saturated carbocycles. The first-order valence-electron chi connectivity index (χ1n) is 8.56. The number of ether oxygens (including phenoxy) is 1. The highest BCUT2D eigenvalue weighted by Gasteiger charge is 2.49. The average Bonchev–Trinajstić information content (AvgIpc) is 3.16. The van der Waals surface area contributed by atoms with Crippen LogP contribution in [-0.2, 0) is 31.6 Å². The molecule has 0 aromatic carbocycles. The summed E-state index contributed by atoms with van der Waals surface area (Å²) in [7, 11) is -18.5. The van der Waals surface area contributed by atoms with E-state index in [2.05, 4.69) is 23.1 Å². The Bertz CT molecular complexity index is 1350. The number of hydrogen-bond donors (Lipinski definition) is 4. The van der Waals surface area contributed by atoms with Gasteiger partial charge in [0.25, 0.3) is 26.7 Å². The van der Waals surface area contributed by atoms with E-state index in [1.54, 1.807) is 0 Å². The summed E-state index contributed by atoms with van der Waals surface area (Å²) in [6.45, 7) is -1.31. The highest BCUT2D eigenvalue weighted by Crippen LogP contribution is 2.60. The number of aromatic nitrogens is 4. The fourth-order valence-electron chi connectivity index (χ4n) is 2.88. The van der Waals surface area contributed by atoms with E-state index in [0.717, 1.165) is 0 Å². The summed E-state index contributed by atoms with van der Waals surface area (Å²) >= 11 is 0. The number of aliphatic hydroxyl groups is 2. The van der Waals surface area contributed by atoms with Crippen LogP contribution in [0.15, 0.2) is 4.79 Å². The number of nitrogen functional groups attached to an aromatic ring is 1. The van der Waals surface area contributed by atoms with Crippen LogP contribution >= 0.6 is 23.5 Å². The zero-order valence-electron chi connectivity index (χ0n) is 16.3. The van der Waals surface area contributed by atoms with Gasteiger partial charge in [-0.05, 0) is 4.92 Å². The topological polar surface area (TPSA) is 354 Å². The van der Waals surface area contributed by atoms with E-state index >= 15 is 0 Å². The van der Waals surface area contributed by atoms with E-state index in [1.165, 1.54) is 0 Å². The predicted molar refractivity (Wildman–Crippen MR) is 96.1 cm³/mol. The fraction of sp³-hybridized carbons (Fsp3) is 0.500. The van der Waals surface area contributed by atoms with E-state index in [-0.39, 0.29) is 0 Å². The second-order valence-electron chi connectivity index (χ2n) is 6.51. The molecule has 0 bridgehead atoms. The van der Waals surface area contributed by atoms with Gasteiger partial charge in [0.1, 0.15) is 18.3 Å². The molecule has 25 heteroatoms. The minimum Gasteiger partial charge on any atom is -0.790 e. The molecule has 3 heterocycles. The standard InChI is InChI=1S/C10H15N6O16P3/c11-9-13-6-3(7(19)14-9)12-10(16(20)21)15(6)8-5(18)4(17)2(30-8)1-29-34(25,26)32-35(27,28)31-33(22,23)24/h2,4-5,8,17-18H,1H2,(H,25,26)(H,27,28)(H2,22,23,24)(H3,11,13,14,19)/p-4/t2-,4-,5-,8-/m1/s1. The number of phosphoric ester groups is 1. The number of imidazole rings is 1. The van der Waals surface area contributed by atoms with Crippen molar-refractivity contribution in [1.82, 2.24) is 19.5 Å². The van der Waals surface area contributed by atoms with Crippen molar-refractivity contribution in [1.29, 1.82) is 0 Å². The number of nitro groups is 1. The van der Waals surface area contributed by atoms with Gasteiger partial charge in [0.2, 0.25) is 17.8 Å². The Balaban J connectivity index is 1.84. The summed E-state index contributed by atoms with van der Waals surface area (Å²) in [6, 6.07) is 0. The van der Waals surface area contributed by atoms with Crippen molar-refractivity contribution in [2.24, 2.45) is 0 Å². The van der Waals surface area contributed by atoms with E-state index in [0.29, 0.717) is 4.57 Å². The van der Waals surface area contributed by atoms with Crippen LogP contribution in [0.5, 0.6) is 0 Å². The van der Waals surface area contributed by atoms with Crippen LogP contribution in [0.25, 0.3) is 11.2 Å². The summed E-state index contributed by atoms with van der Waals surface area (Å²) in [6.07, 6.45) is -7.88. The lowest BCUT2D eigenvalue weighted by molar-refractivity contribution is -0.398. The van der Waals surface area contributed by atoms with Gasteiger partial charge < -0.3 is 59.5 Å². The smallest absolute Gasteiger partial charge is 0.439 e. The molecule has 2 unspecified atom stereocenters. The van der Waals surface area contributed by atoms with Gasteiger partial charge >= 0.3 is 5.95 Å². The number of aromatic amines is 1. The lowest BCUT2D eigenvalue weighted by Gasteiger charge is -2.37. The number of anilines is 1. The first-order valence-corrected chi connectivity index (χ1v) is 12.9. The molecule has 1 aliphatic heterocycles. The zero-order chi connectivity index (χ0) is 26.5. The van der Waals surface area contributed by atoms with Crippen molar-refractivity contribution >= 4 is 46.5 Å². The van der Waals surface area contributed by atoms with Gasteiger partial charge in [0.05, 0.1) is 14.4 Å². The highest BCUT2D eigenvalue weighted by molar-refractivity contribution is 7.64. The van der Waals surface area contributed by atoms with Crippen molar-refractivity contribution < 1.29 is 66.3 Å². The van der Waals surface area contributed by atoms with Gasteiger partial charge in [-0.25, -0.2) is 4.31 Å². The largest absolute Gasteiger partial charge is 0.790 e. The molecular weight excluding hydrogens is 553 g/mol. The molecule has 196 valence electrons. The van der Waals surface area contributed by atoms with E-state index in [4.69, 9.17) is 10.5 Å². The van der Waals surface area contributed by atoms with Gasteiger partial charge in [-0.1, -0.05) is 4.98 Å². The molecule has 1 aliphatic rings. The Labute approximate surface area is 190 Å². The number of phosphoric acid groups is 3. The molecule has 1 fully saturated rings. The normalized spacial score (nSPS) is 26.5. The van der Waals surface area contributed by atoms with Gasteiger partial charge in [-0.2, -0.15) is 9.55 Å². The van der Waals surface area contributed by atoms with Crippen molar-refractivity contribution in [2.45, 2.75) is 24.5 Å². The van der Waals surface area contributed by atoms with Crippen LogP contribution in [0.4, 0.5) is 11.9 Å². The quantitative estimate of drug-likeness (QED) is 0.126. The Morgan fingerprint density at radius 3 is 2.31 bits per heavy atom. The fourth-order valence-corrected chi connectivity index (χ4v) is 5.75. The third-order valence-electron chi connectivity index (χ3n) is 4.10. The van der Waals surface area contributed by atoms with Gasteiger partial charge in [0, 0.05) is 0 Å². The van der Waals surface area contributed by atoms with Gasteiger partial charge in [-0.3, -0.25) is 23.2 Å². The summed E-state index contributed by atoms with van der Waals surface area (Å²) < 4.78 is 49.3. The zero-order valence-corrected chi connectivity index (χ0v) is 19.0. The average molecular weight is 564 g/mol. The number of H-pyrrole nitrogens is 1. The monoisotopic (exact) mass is 564 g/mol. The Morgan fingerprint density at radius 1 is 1.11 bits per heavy atom. The third kappa shape index (κ3) is 6.16. The molecule has 2 aromatic rings. The van der Waals surface area contributed by atoms with E-state index in [9.17, 15) is 58.4 Å². The van der Waals surface area contributed by atoms with Crippen molar-refractivity contribution in [3.05, 3.63) is 20.5 Å². The van der Waals surface area contributed by atoms with Crippen molar-refractivity contribution in [2.75, 3.05) is 12.3 Å². The Morgan fingerprint density at radius 2 is 1.74 bits per heavy atom. The lowest BCUT2D eigenvalue weighted by atomic mass is 10.1. The Kier molecular flexibility index (Phi) is 7.35. The van der Waals surface area contributed by atoms with Gasteiger partial charge in [0.15, 0.2) is 0 Å². The SMILES string of the molecule is Nc1nc2c(nc([N+](=O)[O-])n2[C@@H]2O[C@H](COP(=O)([O-])OP(=O)([O-])OP(=O)([O-])[O-])[C@@H](O)[C@H]2O)c(=O)[nH]1. The maximum absolute atomic E-state index is 12.0. The Hall–Kier alpha value is -2.16. The number of nitrogens with zero attached hydrogens (tertiary/aromatic N) is 4. The number of hydrogen-bond acceptors (Lipinski definition) is 19. The third-order valence-corrected chi connectivity index (χ3v) is 7.77. The summed E-state index contributed by atoms with van der Waals surface area (Å²) in [5.74, 6) is -1.61. The maximum Gasteiger partial charge on any atom is 0.439 e. The summed E-state index contributed by atoms with van der Waals surface area (Å²) in [5.41, 5.74) is 3.24. The molecule has 0 radical (unpaired) electrons. The summed E-state index contributed by atoms with van der Waals surface area (Å²) in [4.78, 5) is 75.0. The summed E-state index contributed by atoms with van der Waals surface area (Å²) in [5, 5.41) is 31.9. The number of nitrogens with one attached hydrogen (secondary N) is 1. The van der Waals surface area contributed by atoms with E-state index in [1.807, 2.05) is 4.98 Å². The van der Waals surface area contributed by atoms with Crippen LogP contribution in [-0.4, -0.2) is 59.6 Å². The number of nitrogens with two attached hydrogens (primary N) is 1. The molecule has 0 spiro atoms. The van der Waals surface area contributed by atoms with E-state index < -0.39 is 88.2 Å². The first-order chi connectivity index (χ1) is 15.9. The minimum atomic E-state index is -6.26.